The van der Waals surface area contributed by atoms with E-state index in [1.165, 1.54) is 18.0 Å². The first kappa shape index (κ1) is 32.1. The van der Waals surface area contributed by atoms with Gasteiger partial charge in [0.05, 0.1) is 24.6 Å². The molecule has 6 atom stereocenters. The minimum atomic E-state index is -1.63. The molecule has 2 fully saturated rings. The van der Waals surface area contributed by atoms with Crippen molar-refractivity contribution in [3.05, 3.63) is 35.8 Å². The second kappa shape index (κ2) is 13.0. The van der Waals surface area contributed by atoms with Crippen molar-refractivity contribution in [3.63, 3.8) is 0 Å². The Balaban J connectivity index is 1.24. The number of aliphatic hydroxyl groups is 2. The predicted octanol–water partition coefficient (Wildman–Crippen LogP) is 3.22. The van der Waals surface area contributed by atoms with Crippen LogP contribution in [0.25, 0.3) is 11.3 Å². The van der Waals surface area contributed by atoms with Gasteiger partial charge in [-0.25, -0.2) is 22.6 Å². The Morgan fingerprint density at radius 3 is 2.52 bits per heavy atom. The van der Waals surface area contributed by atoms with E-state index in [0.29, 0.717) is 25.9 Å². The molecule has 0 unspecified atom stereocenters. The summed E-state index contributed by atoms with van der Waals surface area (Å²) in [7, 11) is 1.43. The molecule has 242 valence electrons. The predicted molar refractivity (Wildman–Crippen MR) is 149 cm³/mol. The summed E-state index contributed by atoms with van der Waals surface area (Å²) in [6, 6.07) is 0.907. The molecule has 44 heavy (non-hydrogen) atoms. The molecule has 3 aliphatic heterocycles. The largest absolute Gasteiger partial charge is 0.444 e. The molecular weight excluding hydrogens is 587 g/mol. The lowest BCUT2D eigenvalue weighted by atomic mass is 9.86. The van der Waals surface area contributed by atoms with Crippen molar-refractivity contribution in [1.82, 2.24) is 19.9 Å². The normalized spacial score (nSPS) is 28.1. The van der Waals surface area contributed by atoms with E-state index < -0.39 is 60.1 Å². The number of nitrogens with zero attached hydrogens (tertiary/aromatic N) is 5. The number of aromatic nitrogens is 3. The maximum atomic E-state index is 14.4. The fourth-order valence-corrected chi connectivity index (χ4v) is 6.02. The standard InChI is InChI=1S/C29H38F3N5O7/c1-29(2,3)43-28(40)36-9-7-15(8-10-36)19-11-16(44-34-19)12-21-27(41-4)25(26(39)22(14-38)42-21)37-13-20(33-35-37)17-5-6-18(30)24(32)23(17)31/h5-6,13,15-16,21-22,25-27,38-39H,7-12,14H2,1-4H3/t16-,21-,22-,25+,26+,27+/m1/s1. The Morgan fingerprint density at radius 2 is 1.86 bits per heavy atom. The van der Waals surface area contributed by atoms with Gasteiger partial charge in [-0.05, 0) is 45.7 Å². The smallest absolute Gasteiger partial charge is 0.410 e. The molecule has 2 N–H and O–H groups in total. The molecule has 2 saturated heterocycles. The number of carbonyl (C=O) groups is 1. The van der Waals surface area contributed by atoms with E-state index in [9.17, 15) is 28.2 Å². The lowest BCUT2D eigenvalue weighted by molar-refractivity contribution is -0.219. The molecule has 12 nitrogen and oxygen atoms in total. The highest BCUT2D eigenvalue weighted by atomic mass is 19.2. The molecule has 2 aromatic rings. The van der Waals surface area contributed by atoms with Gasteiger partial charge in [-0.1, -0.05) is 10.4 Å². The van der Waals surface area contributed by atoms with Crippen molar-refractivity contribution < 1.29 is 47.2 Å². The van der Waals surface area contributed by atoms with Crippen LogP contribution in [0, 0.1) is 23.4 Å². The number of rotatable bonds is 7. The second-order valence-electron chi connectivity index (χ2n) is 12.4. The summed E-state index contributed by atoms with van der Waals surface area (Å²) in [5.74, 6) is -4.23. The first-order chi connectivity index (χ1) is 20.9. The van der Waals surface area contributed by atoms with Crippen molar-refractivity contribution >= 4 is 11.8 Å². The second-order valence-corrected chi connectivity index (χ2v) is 12.4. The molecule has 5 rings (SSSR count). The van der Waals surface area contributed by atoms with Gasteiger partial charge in [-0.2, -0.15) is 0 Å². The summed E-state index contributed by atoms with van der Waals surface area (Å²) in [6.07, 6.45) is -0.893. The van der Waals surface area contributed by atoms with E-state index >= 15 is 0 Å². The Morgan fingerprint density at radius 1 is 1.14 bits per heavy atom. The number of amides is 1. The number of halogens is 3. The third-order valence-corrected chi connectivity index (χ3v) is 8.23. The number of carbonyl (C=O) groups excluding carboxylic acids is 1. The summed E-state index contributed by atoms with van der Waals surface area (Å²) in [6.45, 7) is 6.09. The van der Waals surface area contributed by atoms with Crippen LogP contribution in [-0.4, -0.2) is 105 Å². The van der Waals surface area contributed by atoms with E-state index in [1.807, 2.05) is 20.8 Å². The average molecular weight is 626 g/mol. The summed E-state index contributed by atoms with van der Waals surface area (Å²) in [5.41, 5.74) is -0.0522. The van der Waals surface area contributed by atoms with Gasteiger partial charge in [0, 0.05) is 44.5 Å². The topological polar surface area (TPSA) is 141 Å². The van der Waals surface area contributed by atoms with Crippen LogP contribution in [0.2, 0.25) is 0 Å². The fourth-order valence-electron chi connectivity index (χ4n) is 6.02. The Hall–Kier alpha value is -3.27. The van der Waals surface area contributed by atoms with Crippen molar-refractivity contribution in [2.75, 3.05) is 26.8 Å². The van der Waals surface area contributed by atoms with Crippen molar-refractivity contribution in [1.29, 1.82) is 0 Å². The first-order valence-corrected chi connectivity index (χ1v) is 14.6. The monoisotopic (exact) mass is 625 g/mol. The van der Waals surface area contributed by atoms with Gasteiger partial charge < -0.3 is 34.2 Å². The number of benzene rings is 1. The fraction of sp³-hybridized carbons (Fsp3) is 0.655. The Labute approximate surface area is 252 Å². The minimum absolute atomic E-state index is 0.0815. The van der Waals surface area contributed by atoms with E-state index in [-0.39, 0.29) is 29.4 Å². The van der Waals surface area contributed by atoms with Crippen LogP contribution >= 0.6 is 0 Å². The van der Waals surface area contributed by atoms with Gasteiger partial charge in [0.2, 0.25) is 0 Å². The van der Waals surface area contributed by atoms with Crippen LogP contribution in [0.5, 0.6) is 0 Å². The Bertz CT molecular complexity index is 1360. The van der Waals surface area contributed by atoms with Crippen LogP contribution < -0.4 is 0 Å². The SMILES string of the molecule is CO[C@@H]1[C@@H](n2cc(-c3ccc(F)c(F)c3F)nn2)[C@@H](O)[C@@H](CO)O[C@@H]1C[C@H]1CC(C2CCN(C(=O)OC(C)(C)C)CC2)=NO1. The van der Waals surface area contributed by atoms with E-state index in [0.717, 1.165) is 30.7 Å². The third kappa shape index (κ3) is 6.70. The van der Waals surface area contributed by atoms with Gasteiger partial charge in [0.15, 0.2) is 17.5 Å². The number of hydrogen-bond acceptors (Lipinski definition) is 10. The maximum Gasteiger partial charge on any atom is 0.410 e. The highest BCUT2D eigenvalue weighted by Gasteiger charge is 2.48. The molecule has 0 radical (unpaired) electrons. The zero-order chi connectivity index (χ0) is 31.8. The molecule has 4 heterocycles. The molecular formula is C29H38F3N5O7. The quantitative estimate of drug-likeness (QED) is 0.444. The van der Waals surface area contributed by atoms with E-state index in [2.05, 4.69) is 15.5 Å². The van der Waals surface area contributed by atoms with Gasteiger partial charge in [-0.3, -0.25) is 0 Å². The van der Waals surface area contributed by atoms with Crippen LogP contribution in [0.3, 0.4) is 0 Å². The van der Waals surface area contributed by atoms with Crippen LogP contribution in [0.15, 0.2) is 23.5 Å². The lowest BCUT2D eigenvalue weighted by Gasteiger charge is -2.44. The first-order valence-electron chi connectivity index (χ1n) is 14.6. The highest BCUT2D eigenvalue weighted by molar-refractivity contribution is 5.88. The van der Waals surface area contributed by atoms with Crippen LogP contribution in [0.1, 0.15) is 52.5 Å². The number of methoxy groups -OCH3 is 1. The lowest BCUT2D eigenvalue weighted by Crippen LogP contribution is -2.57. The summed E-state index contributed by atoms with van der Waals surface area (Å²) >= 11 is 0. The highest BCUT2D eigenvalue weighted by Crippen LogP contribution is 2.37. The van der Waals surface area contributed by atoms with E-state index in [4.69, 9.17) is 19.0 Å². The molecule has 1 amide bonds. The zero-order valence-electron chi connectivity index (χ0n) is 25.0. The van der Waals surface area contributed by atoms with Crippen molar-refractivity contribution in [2.24, 2.45) is 11.1 Å². The minimum Gasteiger partial charge on any atom is -0.444 e. The van der Waals surface area contributed by atoms with Crippen LogP contribution in [0.4, 0.5) is 18.0 Å². The molecule has 0 saturated carbocycles. The van der Waals surface area contributed by atoms with Crippen molar-refractivity contribution in [2.45, 2.75) is 88.6 Å². The molecule has 0 bridgehead atoms. The number of likely N-dealkylation sites (tertiary alicyclic amines) is 1. The van der Waals surface area contributed by atoms with Gasteiger partial charge in [0.1, 0.15) is 41.8 Å². The average Bonchev–Trinajstić information content (AvgIpc) is 3.66. The molecule has 15 heteroatoms. The number of piperidine rings is 1. The Kier molecular flexibility index (Phi) is 9.49. The number of hydrogen-bond donors (Lipinski definition) is 2. The summed E-state index contributed by atoms with van der Waals surface area (Å²) in [5, 5.41) is 33.3. The van der Waals surface area contributed by atoms with Crippen molar-refractivity contribution in [3.8, 4) is 11.3 Å². The number of oxime groups is 1. The van der Waals surface area contributed by atoms with Gasteiger partial charge >= 0.3 is 6.09 Å². The summed E-state index contributed by atoms with van der Waals surface area (Å²) < 4.78 is 60.3. The van der Waals surface area contributed by atoms with Gasteiger partial charge in [0.25, 0.3) is 0 Å². The van der Waals surface area contributed by atoms with Crippen LogP contribution in [-0.2, 0) is 19.0 Å². The molecule has 0 spiro atoms. The maximum absolute atomic E-state index is 14.4. The molecule has 1 aromatic heterocycles. The summed E-state index contributed by atoms with van der Waals surface area (Å²) in [4.78, 5) is 19.9. The molecule has 1 aromatic carbocycles. The van der Waals surface area contributed by atoms with E-state index in [1.54, 1.807) is 4.90 Å². The molecule has 3 aliphatic rings. The number of aliphatic hydroxyl groups excluding tert-OH is 2. The van der Waals surface area contributed by atoms with Gasteiger partial charge in [-0.15, -0.1) is 5.10 Å². The third-order valence-electron chi connectivity index (χ3n) is 8.23. The number of ether oxygens (including phenoxy) is 3. The molecule has 0 aliphatic carbocycles. The zero-order valence-corrected chi connectivity index (χ0v) is 25.0.